The number of aliphatic imine (C=N–C) groups is 1. The highest BCUT2D eigenvalue weighted by atomic mass is 19.1. The van der Waals surface area contributed by atoms with Gasteiger partial charge in [-0.15, -0.1) is 0 Å². The molecule has 0 unspecified atom stereocenters. The number of nitrogens with one attached hydrogen (secondary N) is 3. The van der Waals surface area contributed by atoms with Crippen LogP contribution in [-0.2, 0) is 11.2 Å². The number of methoxy groups -OCH3 is 1. The first kappa shape index (κ1) is 18.7. The van der Waals surface area contributed by atoms with Gasteiger partial charge >= 0.3 is 0 Å². The molecule has 0 fully saturated rings. The molecule has 3 N–H and O–H groups in total. The third-order valence-corrected chi connectivity index (χ3v) is 4.46. The van der Waals surface area contributed by atoms with Crippen molar-refractivity contribution in [2.75, 3.05) is 31.0 Å². The van der Waals surface area contributed by atoms with E-state index in [-0.39, 0.29) is 0 Å². The van der Waals surface area contributed by atoms with Crippen LogP contribution in [0.5, 0.6) is 5.88 Å². The van der Waals surface area contributed by atoms with Gasteiger partial charge in [0.05, 0.1) is 31.2 Å². The maximum absolute atomic E-state index is 14.6. The van der Waals surface area contributed by atoms with E-state index in [9.17, 15) is 4.39 Å². The van der Waals surface area contributed by atoms with Gasteiger partial charge in [0.15, 0.2) is 0 Å². The number of halogens is 1. The van der Waals surface area contributed by atoms with Crippen LogP contribution in [0.2, 0.25) is 0 Å². The molecule has 29 heavy (non-hydrogen) atoms. The van der Waals surface area contributed by atoms with Crippen LogP contribution in [-0.4, -0.2) is 41.2 Å². The molecule has 1 aliphatic heterocycles. The molecule has 0 atom stereocenters. The standard InChI is InChI=1S/C20H21FN6O2/c1-3-29-16-7-5-14(10-22-16)26-15-6-4-12(18(21)27-15)8-13-9-23-19-17(13)20(28-2)25-11-24-19/h4-7,9-10,23-24H,3,8,11H2,1-2H3,(H,26,27). The number of rotatable bonds is 6. The van der Waals surface area contributed by atoms with Crippen molar-refractivity contribution >= 4 is 23.2 Å². The summed E-state index contributed by atoms with van der Waals surface area (Å²) in [5.41, 5.74) is 2.87. The first-order chi connectivity index (χ1) is 14.2. The molecule has 0 saturated heterocycles. The molecule has 0 amide bonds. The molecule has 0 spiro atoms. The Bertz CT molecular complexity index is 1030. The van der Waals surface area contributed by atoms with E-state index in [1.54, 1.807) is 37.6 Å². The van der Waals surface area contributed by atoms with Gasteiger partial charge in [-0.2, -0.15) is 4.39 Å². The number of hydrogen-bond donors (Lipinski definition) is 3. The predicted molar refractivity (Wildman–Crippen MR) is 109 cm³/mol. The Morgan fingerprint density at radius 1 is 1.21 bits per heavy atom. The molecule has 0 saturated carbocycles. The van der Waals surface area contributed by atoms with E-state index < -0.39 is 5.95 Å². The van der Waals surface area contributed by atoms with Crippen LogP contribution in [0.4, 0.5) is 21.7 Å². The highest BCUT2D eigenvalue weighted by molar-refractivity contribution is 6.01. The minimum atomic E-state index is -0.538. The van der Waals surface area contributed by atoms with Crippen molar-refractivity contribution in [1.82, 2.24) is 15.0 Å². The summed E-state index contributed by atoms with van der Waals surface area (Å²) in [4.78, 5) is 15.6. The molecular weight excluding hydrogens is 375 g/mol. The molecule has 1 aliphatic rings. The number of pyridine rings is 2. The summed E-state index contributed by atoms with van der Waals surface area (Å²) in [5, 5.41) is 6.18. The van der Waals surface area contributed by atoms with Crippen LogP contribution in [0.25, 0.3) is 0 Å². The van der Waals surface area contributed by atoms with Crippen LogP contribution >= 0.6 is 0 Å². The number of aromatic nitrogens is 3. The van der Waals surface area contributed by atoms with Gasteiger partial charge in [-0.25, -0.2) is 15.0 Å². The fraction of sp³-hybridized carbons (Fsp3) is 0.250. The molecule has 4 heterocycles. The van der Waals surface area contributed by atoms with Gasteiger partial charge in [0, 0.05) is 24.2 Å². The van der Waals surface area contributed by atoms with Gasteiger partial charge in [-0.05, 0) is 24.6 Å². The molecule has 8 nitrogen and oxygen atoms in total. The minimum Gasteiger partial charge on any atom is -0.481 e. The largest absolute Gasteiger partial charge is 0.481 e. The highest BCUT2D eigenvalue weighted by Crippen LogP contribution is 2.27. The second kappa shape index (κ2) is 8.17. The van der Waals surface area contributed by atoms with E-state index in [1.165, 1.54) is 0 Å². The van der Waals surface area contributed by atoms with Crippen molar-refractivity contribution in [2.45, 2.75) is 13.3 Å². The molecule has 0 aliphatic carbocycles. The molecule has 9 heteroatoms. The average molecular weight is 396 g/mol. The van der Waals surface area contributed by atoms with Crippen LogP contribution < -0.4 is 15.4 Å². The van der Waals surface area contributed by atoms with Crippen molar-refractivity contribution in [3.63, 3.8) is 0 Å². The van der Waals surface area contributed by atoms with Gasteiger partial charge in [0.1, 0.15) is 18.3 Å². The van der Waals surface area contributed by atoms with E-state index in [2.05, 4.69) is 30.6 Å². The third kappa shape index (κ3) is 3.98. The molecule has 3 aromatic heterocycles. The SMILES string of the molecule is CCOc1ccc(Nc2ccc(Cc3c[nH]c4c3C(OC)=NCN4)c(F)n2)cn1. The Morgan fingerprint density at radius 2 is 2.10 bits per heavy atom. The highest BCUT2D eigenvalue weighted by Gasteiger charge is 2.21. The van der Waals surface area contributed by atoms with Crippen molar-refractivity contribution < 1.29 is 13.9 Å². The number of anilines is 3. The van der Waals surface area contributed by atoms with E-state index in [0.29, 0.717) is 48.5 Å². The lowest BCUT2D eigenvalue weighted by Gasteiger charge is -2.15. The number of ether oxygens (including phenoxy) is 2. The zero-order valence-corrected chi connectivity index (χ0v) is 16.1. The summed E-state index contributed by atoms with van der Waals surface area (Å²) in [6.45, 7) is 2.88. The first-order valence-corrected chi connectivity index (χ1v) is 9.22. The van der Waals surface area contributed by atoms with E-state index in [1.807, 2.05) is 13.1 Å². The van der Waals surface area contributed by atoms with E-state index in [4.69, 9.17) is 9.47 Å². The first-order valence-electron chi connectivity index (χ1n) is 9.22. The number of H-pyrrole nitrogens is 1. The van der Waals surface area contributed by atoms with Crippen molar-refractivity contribution in [1.29, 1.82) is 0 Å². The lowest BCUT2D eigenvalue weighted by Crippen LogP contribution is -2.17. The van der Waals surface area contributed by atoms with E-state index in [0.717, 1.165) is 16.9 Å². The van der Waals surface area contributed by atoms with Crippen LogP contribution in [0.1, 0.15) is 23.6 Å². The second-order valence-corrected chi connectivity index (χ2v) is 6.33. The van der Waals surface area contributed by atoms with Crippen molar-refractivity contribution in [2.24, 2.45) is 4.99 Å². The summed E-state index contributed by atoms with van der Waals surface area (Å²) in [6, 6.07) is 6.99. The second-order valence-electron chi connectivity index (χ2n) is 6.33. The Labute approximate surface area is 167 Å². The molecule has 4 rings (SSSR count). The van der Waals surface area contributed by atoms with Crippen LogP contribution in [0.3, 0.4) is 0 Å². The van der Waals surface area contributed by atoms with Gasteiger partial charge in [-0.1, -0.05) is 6.07 Å². The smallest absolute Gasteiger partial charge is 0.221 e. The molecule has 0 aromatic carbocycles. The summed E-state index contributed by atoms with van der Waals surface area (Å²) in [6.07, 6.45) is 3.80. The van der Waals surface area contributed by atoms with Crippen LogP contribution in [0, 0.1) is 5.95 Å². The van der Waals surface area contributed by atoms with Gasteiger partial charge in [0.2, 0.25) is 17.7 Å². The molecule has 150 valence electrons. The summed E-state index contributed by atoms with van der Waals surface area (Å²) < 4.78 is 25.3. The maximum atomic E-state index is 14.6. The fourth-order valence-corrected chi connectivity index (χ4v) is 3.13. The number of hydrogen-bond acceptors (Lipinski definition) is 7. The van der Waals surface area contributed by atoms with Gasteiger partial charge in [-0.3, -0.25) is 0 Å². The molecule has 0 radical (unpaired) electrons. The predicted octanol–water partition coefficient (Wildman–Crippen LogP) is 3.45. The Kier molecular flexibility index (Phi) is 5.28. The van der Waals surface area contributed by atoms with Crippen molar-refractivity contribution in [3.8, 4) is 5.88 Å². The maximum Gasteiger partial charge on any atom is 0.221 e. The molecular formula is C20H21FN6O2. The lowest BCUT2D eigenvalue weighted by atomic mass is 10.0. The topological polar surface area (TPSA) is 96.5 Å². The zero-order chi connectivity index (χ0) is 20.2. The zero-order valence-electron chi connectivity index (χ0n) is 16.1. The number of fused-ring (bicyclic) bond motifs is 1. The Balaban J connectivity index is 1.50. The quantitative estimate of drug-likeness (QED) is 0.552. The normalized spacial score (nSPS) is 12.6. The fourth-order valence-electron chi connectivity index (χ4n) is 3.13. The Morgan fingerprint density at radius 3 is 2.83 bits per heavy atom. The third-order valence-electron chi connectivity index (χ3n) is 4.46. The van der Waals surface area contributed by atoms with Gasteiger partial charge < -0.3 is 25.1 Å². The summed E-state index contributed by atoms with van der Waals surface area (Å²) in [5.74, 6) is 1.75. The van der Waals surface area contributed by atoms with Gasteiger partial charge in [0.25, 0.3) is 0 Å². The van der Waals surface area contributed by atoms with Crippen molar-refractivity contribution in [3.05, 3.63) is 59.3 Å². The summed E-state index contributed by atoms with van der Waals surface area (Å²) >= 11 is 0. The lowest BCUT2D eigenvalue weighted by molar-refractivity contribution is 0.327. The minimum absolute atomic E-state index is 0.361. The van der Waals surface area contributed by atoms with Crippen LogP contribution in [0.15, 0.2) is 41.7 Å². The molecule has 3 aromatic rings. The average Bonchev–Trinajstić information content (AvgIpc) is 3.15. The number of aromatic amines is 1. The Hall–Kier alpha value is -3.62. The van der Waals surface area contributed by atoms with E-state index >= 15 is 0 Å². The number of nitrogens with zero attached hydrogens (tertiary/aromatic N) is 3. The molecule has 0 bridgehead atoms. The summed E-state index contributed by atoms with van der Waals surface area (Å²) in [7, 11) is 1.57. The monoisotopic (exact) mass is 396 g/mol.